The van der Waals surface area contributed by atoms with Crippen molar-refractivity contribution >= 4 is 21.6 Å². The van der Waals surface area contributed by atoms with E-state index in [-0.39, 0.29) is 4.47 Å². The van der Waals surface area contributed by atoms with Crippen LogP contribution in [0.1, 0.15) is 0 Å². The Morgan fingerprint density at radius 1 is 1.24 bits per heavy atom. The first-order valence-electron chi connectivity index (χ1n) is 4.35. The molecule has 0 heterocycles. The smallest absolute Gasteiger partial charge is 0.382 e. The maximum Gasteiger partial charge on any atom is 0.416 e. The zero-order valence-electron chi connectivity index (χ0n) is 8.15. The van der Waals surface area contributed by atoms with Gasteiger partial charge in [-0.05, 0) is 22.0 Å². The molecular formula is C9H7BrF5NO. The van der Waals surface area contributed by atoms with Crippen LogP contribution in [0.15, 0.2) is 16.6 Å². The summed E-state index contributed by atoms with van der Waals surface area (Å²) in [7, 11) is 0. The van der Waals surface area contributed by atoms with Gasteiger partial charge < -0.3 is 10.4 Å². The first-order valence-corrected chi connectivity index (χ1v) is 5.14. The maximum atomic E-state index is 13.2. The molecule has 0 aliphatic heterocycles. The molecule has 2 nitrogen and oxygen atoms in total. The minimum absolute atomic E-state index is 0.142. The van der Waals surface area contributed by atoms with Gasteiger partial charge in [-0.1, -0.05) is 0 Å². The molecule has 0 radical (unpaired) electrons. The molecule has 0 amide bonds. The highest BCUT2D eigenvalue weighted by atomic mass is 79.9. The predicted molar refractivity (Wildman–Crippen MR) is 54.6 cm³/mol. The van der Waals surface area contributed by atoms with Crippen LogP contribution in [0.2, 0.25) is 0 Å². The largest absolute Gasteiger partial charge is 0.416 e. The number of hydrogen-bond acceptors (Lipinski definition) is 2. The molecule has 96 valence electrons. The fraction of sp³-hybridized carbons (Fsp3) is 0.333. The minimum atomic E-state index is -4.81. The van der Waals surface area contributed by atoms with Gasteiger partial charge in [0.1, 0.15) is 11.6 Å². The predicted octanol–water partition coefficient (Wildman–Crippen LogP) is 3.06. The Hall–Kier alpha value is -0.890. The van der Waals surface area contributed by atoms with Crippen LogP contribution in [-0.4, -0.2) is 23.9 Å². The number of anilines is 1. The first kappa shape index (κ1) is 14.2. The average Bonchev–Trinajstić information content (AvgIpc) is 2.19. The zero-order chi connectivity index (χ0) is 13.2. The molecule has 0 bridgehead atoms. The molecule has 1 unspecified atom stereocenters. The molecule has 0 aliphatic carbocycles. The van der Waals surface area contributed by atoms with Crippen molar-refractivity contribution in [3.8, 4) is 0 Å². The van der Waals surface area contributed by atoms with E-state index >= 15 is 0 Å². The lowest BCUT2D eigenvalue weighted by Gasteiger charge is -2.16. The van der Waals surface area contributed by atoms with Crippen molar-refractivity contribution in [1.29, 1.82) is 0 Å². The van der Waals surface area contributed by atoms with Gasteiger partial charge in [-0.15, -0.1) is 0 Å². The molecule has 1 atom stereocenters. The van der Waals surface area contributed by atoms with Crippen molar-refractivity contribution < 1.29 is 27.1 Å². The molecule has 2 N–H and O–H groups in total. The summed E-state index contributed by atoms with van der Waals surface area (Å²) < 4.78 is 61.8. The Morgan fingerprint density at radius 3 is 2.35 bits per heavy atom. The third-order valence-electron chi connectivity index (χ3n) is 1.87. The Bertz CT molecular complexity index is 409. The topological polar surface area (TPSA) is 32.3 Å². The summed E-state index contributed by atoms with van der Waals surface area (Å²) in [4.78, 5) is 0. The van der Waals surface area contributed by atoms with Gasteiger partial charge in [0, 0.05) is 12.6 Å². The lowest BCUT2D eigenvalue weighted by Crippen LogP contribution is -2.35. The number of aliphatic hydroxyl groups is 1. The van der Waals surface area contributed by atoms with Gasteiger partial charge in [0.05, 0.1) is 10.2 Å². The van der Waals surface area contributed by atoms with Crippen LogP contribution in [0.5, 0.6) is 0 Å². The fourth-order valence-corrected chi connectivity index (χ4v) is 1.30. The number of alkyl halides is 3. The summed E-state index contributed by atoms with van der Waals surface area (Å²) in [6.45, 7) is -0.957. The second kappa shape index (κ2) is 5.18. The molecule has 0 aliphatic rings. The van der Waals surface area contributed by atoms with Crippen LogP contribution in [0.4, 0.5) is 27.6 Å². The monoisotopic (exact) mass is 319 g/mol. The van der Waals surface area contributed by atoms with Gasteiger partial charge in [0.2, 0.25) is 0 Å². The standard InChI is InChI=1S/C9H7BrF5NO/c10-4-1-6(12)7(2-5(4)11)16-3-8(17)9(13,14)15/h1-2,8,16-17H,3H2. The van der Waals surface area contributed by atoms with E-state index < -0.39 is 36.1 Å². The quantitative estimate of drug-likeness (QED) is 0.663. The Labute approximate surface area is 102 Å². The van der Waals surface area contributed by atoms with E-state index in [4.69, 9.17) is 5.11 Å². The molecule has 1 aromatic carbocycles. The Balaban J connectivity index is 2.73. The molecule has 0 fully saturated rings. The van der Waals surface area contributed by atoms with Crippen molar-refractivity contribution in [2.45, 2.75) is 12.3 Å². The maximum absolute atomic E-state index is 13.2. The summed E-state index contributed by atoms with van der Waals surface area (Å²) in [6.07, 6.45) is -7.45. The molecule has 8 heteroatoms. The van der Waals surface area contributed by atoms with Crippen LogP contribution in [0.3, 0.4) is 0 Å². The third-order valence-corrected chi connectivity index (χ3v) is 2.48. The number of rotatable bonds is 3. The van der Waals surface area contributed by atoms with Gasteiger partial charge in [-0.25, -0.2) is 8.78 Å². The van der Waals surface area contributed by atoms with Gasteiger partial charge in [-0.2, -0.15) is 13.2 Å². The number of benzene rings is 1. The summed E-state index contributed by atoms with van der Waals surface area (Å²) >= 11 is 2.72. The van der Waals surface area contributed by atoms with Crippen LogP contribution in [0, 0.1) is 11.6 Å². The first-order chi connectivity index (χ1) is 7.71. The van der Waals surface area contributed by atoms with Crippen LogP contribution < -0.4 is 5.32 Å². The normalized spacial score (nSPS) is 13.6. The zero-order valence-corrected chi connectivity index (χ0v) is 9.74. The van der Waals surface area contributed by atoms with E-state index in [0.717, 1.165) is 6.07 Å². The van der Waals surface area contributed by atoms with Crippen molar-refractivity contribution in [2.24, 2.45) is 0 Å². The molecule has 0 saturated carbocycles. The highest BCUT2D eigenvalue weighted by Crippen LogP contribution is 2.25. The molecular weight excluding hydrogens is 313 g/mol. The Morgan fingerprint density at radius 2 is 1.82 bits per heavy atom. The lowest BCUT2D eigenvalue weighted by molar-refractivity contribution is -0.198. The van der Waals surface area contributed by atoms with Crippen molar-refractivity contribution in [2.75, 3.05) is 11.9 Å². The number of hydrogen-bond donors (Lipinski definition) is 2. The fourth-order valence-electron chi connectivity index (χ4n) is 0.980. The molecule has 1 rings (SSSR count). The Kier molecular flexibility index (Phi) is 4.31. The van der Waals surface area contributed by atoms with Crippen LogP contribution in [0.25, 0.3) is 0 Å². The molecule has 0 spiro atoms. The molecule has 17 heavy (non-hydrogen) atoms. The molecule has 0 saturated heterocycles. The van der Waals surface area contributed by atoms with Crippen molar-refractivity contribution in [1.82, 2.24) is 0 Å². The van der Waals surface area contributed by atoms with Gasteiger partial charge >= 0.3 is 6.18 Å². The van der Waals surface area contributed by atoms with E-state index in [1.807, 2.05) is 5.32 Å². The second-order valence-electron chi connectivity index (χ2n) is 3.18. The number of halogens is 6. The highest BCUT2D eigenvalue weighted by molar-refractivity contribution is 9.10. The SMILES string of the molecule is OC(CNc1cc(F)c(Br)cc1F)C(F)(F)F. The van der Waals surface area contributed by atoms with E-state index in [0.29, 0.717) is 6.07 Å². The summed E-state index contributed by atoms with van der Waals surface area (Å²) in [6, 6.07) is 1.47. The van der Waals surface area contributed by atoms with Crippen LogP contribution in [-0.2, 0) is 0 Å². The third kappa shape index (κ3) is 3.81. The van der Waals surface area contributed by atoms with Crippen LogP contribution >= 0.6 is 15.9 Å². The van der Waals surface area contributed by atoms with E-state index in [2.05, 4.69) is 15.9 Å². The van der Waals surface area contributed by atoms with E-state index in [9.17, 15) is 22.0 Å². The summed E-state index contributed by atoms with van der Waals surface area (Å²) in [5.41, 5.74) is -0.450. The average molecular weight is 320 g/mol. The van der Waals surface area contributed by atoms with Gasteiger partial charge in [0.15, 0.2) is 6.10 Å². The van der Waals surface area contributed by atoms with Crippen molar-refractivity contribution in [3.63, 3.8) is 0 Å². The number of aliphatic hydroxyl groups excluding tert-OH is 1. The van der Waals surface area contributed by atoms with Crippen molar-refractivity contribution in [3.05, 3.63) is 28.2 Å². The number of nitrogens with one attached hydrogen (secondary N) is 1. The summed E-state index contributed by atoms with van der Waals surface area (Å²) in [5, 5.41) is 10.6. The van der Waals surface area contributed by atoms with Gasteiger partial charge in [0.25, 0.3) is 0 Å². The van der Waals surface area contributed by atoms with E-state index in [1.54, 1.807) is 0 Å². The van der Waals surface area contributed by atoms with Gasteiger partial charge in [-0.3, -0.25) is 0 Å². The molecule has 1 aromatic rings. The summed E-state index contributed by atoms with van der Waals surface area (Å²) in [5.74, 6) is -1.75. The minimum Gasteiger partial charge on any atom is -0.382 e. The lowest BCUT2D eigenvalue weighted by atomic mass is 10.2. The molecule has 0 aromatic heterocycles. The highest BCUT2D eigenvalue weighted by Gasteiger charge is 2.37. The van der Waals surface area contributed by atoms with E-state index in [1.165, 1.54) is 0 Å². The second-order valence-corrected chi connectivity index (χ2v) is 4.04.